The summed E-state index contributed by atoms with van der Waals surface area (Å²) in [7, 11) is 0. The zero-order chi connectivity index (χ0) is 24.0. The van der Waals surface area contributed by atoms with Gasteiger partial charge in [0.15, 0.2) is 0 Å². The molecule has 2 aliphatic heterocycles. The van der Waals surface area contributed by atoms with Gasteiger partial charge in [-0.25, -0.2) is 0 Å². The van der Waals surface area contributed by atoms with E-state index < -0.39 is 0 Å². The number of ether oxygens (including phenoxy) is 2. The molecule has 0 unspecified atom stereocenters. The van der Waals surface area contributed by atoms with Crippen molar-refractivity contribution in [2.24, 2.45) is 0 Å². The van der Waals surface area contributed by atoms with E-state index in [9.17, 15) is 9.59 Å². The van der Waals surface area contributed by atoms with Crippen LogP contribution in [-0.4, -0.2) is 60.6 Å². The van der Waals surface area contributed by atoms with E-state index in [0.29, 0.717) is 31.9 Å². The number of nitrogens with zero attached hydrogens (tertiary/aromatic N) is 2. The lowest BCUT2D eigenvalue weighted by atomic mass is 10.00. The second-order valence-electron chi connectivity index (χ2n) is 8.96. The van der Waals surface area contributed by atoms with Crippen LogP contribution in [0.1, 0.15) is 39.7 Å². The Morgan fingerprint density at radius 1 is 1.06 bits per heavy atom. The Kier molecular flexibility index (Phi) is 7.45. The number of amides is 2. The highest BCUT2D eigenvalue weighted by Gasteiger charge is 2.34. The number of hydrogen-bond donors (Lipinski definition) is 0. The number of rotatable bonds is 8. The molecule has 1 saturated heterocycles. The number of hydrogen-bond acceptors (Lipinski definition) is 5. The predicted molar refractivity (Wildman–Crippen MR) is 136 cm³/mol. The van der Waals surface area contributed by atoms with Crippen LogP contribution in [0, 0.1) is 0 Å². The maximum atomic E-state index is 13.7. The number of benzene rings is 2. The van der Waals surface area contributed by atoms with Crippen LogP contribution in [0.15, 0.2) is 72.1 Å². The Morgan fingerprint density at radius 3 is 2.57 bits per heavy atom. The summed E-state index contributed by atoms with van der Waals surface area (Å²) in [5.41, 5.74) is 1.73. The number of para-hydroxylation sites is 1. The number of carbonyl (C=O) groups is 2. The molecule has 2 aliphatic rings. The molecule has 0 N–H and O–H groups in total. The largest absolute Gasteiger partial charge is 0.491 e. The van der Waals surface area contributed by atoms with Crippen molar-refractivity contribution in [2.45, 2.75) is 31.4 Å². The third-order valence-corrected chi connectivity index (χ3v) is 7.64. The van der Waals surface area contributed by atoms with Gasteiger partial charge in [-0.2, -0.15) is 0 Å². The van der Waals surface area contributed by atoms with Crippen molar-refractivity contribution in [1.29, 1.82) is 0 Å². The van der Waals surface area contributed by atoms with Crippen molar-refractivity contribution in [2.75, 3.05) is 32.8 Å². The van der Waals surface area contributed by atoms with E-state index in [2.05, 4.69) is 11.4 Å². The molecule has 2 aromatic carbocycles. The van der Waals surface area contributed by atoms with Gasteiger partial charge in [-0.15, -0.1) is 11.3 Å². The van der Waals surface area contributed by atoms with Gasteiger partial charge in [0.2, 0.25) is 5.91 Å². The second kappa shape index (κ2) is 11.1. The van der Waals surface area contributed by atoms with Gasteiger partial charge < -0.3 is 19.3 Å². The van der Waals surface area contributed by atoms with Crippen molar-refractivity contribution in [3.63, 3.8) is 0 Å². The second-order valence-corrected chi connectivity index (χ2v) is 9.96. The number of carbonyl (C=O) groups excluding carboxylic acids is 2. The number of thiophene rings is 1. The molecule has 6 nitrogen and oxygen atoms in total. The maximum absolute atomic E-state index is 13.7. The van der Waals surface area contributed by atoms with Crippen molar-refractivity contribution < 1.29 is 19.1 Å². The van der Waals surface area contributed by atoms with Crippen LogP contribution in [0.5, 0.6) is 5.75 Å². The minimum atomic E-state index is -0.186. The first kappa shape index (κ1) is 23.6. The molecule has 3 heterocycles. The van der Waals surface area contributed by atoms with Crippen LogP contribution in [0.25, 0.3) is 0 Å². The van der Waals surface area contributed by atoms with Gasteiger partial charge in [0.25, 0.3) is 5.91 Å². The average molecular weight is 491 g/mol. The van der Waals surface area contributed by atoms with Crippen LogP contribution < -0.4 is 4.74 Å². The fraction of sp³-hybridized carbons (Fsp3) is 0.357. The van der Waals surface area contributed by atoms with E-state index in [1.807, 2.05) is 53.4 Å². The first-order valence-corrected chi connectivity index (χ1v) is 13.1. The summed E-state index contributed by atoms with van der Waals surface area (Å²) >= 11 is 1.73. The molecule has 3 aromatic rings. The van der Waals surface area contributed by atoms with E-state index in [1.54, 1.807) is 28.4 Å². The molecule has 0 bridgehead atoms. The van der Waals surface area contributed by atoms with Gasteiger partial charge in [0.1, 0.15) is 18.9 Å². The number of fused-ring (bicyclic) bond motifs is 1. The third kappa shape index (κ3) is 5.57. The molecule has 35 heavy (non-hydrogen) atoms. The molecule has 1 fully saturated rings. The van der Waals surface area contributed by atoms with Gasteiger partial charge >= 0.3 is 0 Å². The average Bonchev–Trinajstić information content (AvgIpc) is 3.60. The summed E-state index contributed by atoms with van der Waals surface area (Å²) in [6.07, 6.45) is 2.68. The molecular formula is C28H30N2O4S. The highest BCUT2D eigenvalue weighted by molar-refractivity contribution is 7.10. The fourth-order valence-electron chi connectivity index (χ4n) is 4.84. The van der Waals surface area contributed by atoms with Crippen LogP contribution in [-0.2, 0) is 16.0 Å². The van der Waals surface area contributed by atoms with Gasteiger partial charge in [-0.3, -0.25) is 9.59 Å². The van der Waals surface area contributed by atoms with E-state index in [1.165, 1.54) is 4.88 Å². The fourth-order valence-corrected chi connectivity index (χ4v) is 5.77. The van der Waals surface area contributed by atoms with Gasteiger partial charge in [0, 0.05) is 30.1 Å². The van der Waals surface area contributed by atoms with Crippen LogP contribution in [0.2, 0.25) is 0 Å². The topological polar surface area (TPSA) is 59.1 Å². The monoisotopic (exact) mass is 490 g/mol. The Labute approximate surface area is 210 Å². The lowest BCUT2D eigenvalue weighted by Crippen LogP contribution is -2.49. The molecule has 0 aliphatic carbocycles. The quantitative estimate of drug-likeness (QED) is 0.464. The first-order chi connectivity index (χ1) is 17.2. The summed E-state index contributed by atoms with van der Waals surface area (Å²) in [5, 5.41) is 2.08. The standard InChI is InChI=1S/C28H30N2O4S/c31-27(19-29(18-23-12-7-16-33-23)28(32)21-8-3-1-4-9-21)30-15-13-26-24(14-17-35-26)25(30)20-34-22-10-5-2-6-11-22/h1-6,8-11,14,17,23,25H,7,12-13,15-16,18-20H2/t23-,25-/m1/s1. The molecule has 2 amide bonds. The molecule has 182 valence electrons. The predicted octanol–water partition coefficient (Wildman–Crippen LogP) is 4.57. The Hall–Kier alpha value is -3.16. The summed E-state index contributed by atoms with van der Waals surface area (Å²) in [6, 6.07) is 20.7. The Bertz CT molecular complexity index is 1130. The lowest BCUT2D eigenvalue weighted by molar-refractivity contribution is -0.135. The van der Waals surface area contributed by atoms with Gasteiger partial charge in [-0.1, -0.05) is 36.4 Å². The van der Waals surface area contributed by atoms with Crippen molar-refractivity contribution in [1.82, 2.24) is 9.80 Å². The van der Waals surface area contributed by atoms with Crippen molar-refractivity contribution in [3.8, 4) is 5.75 Å². The summed E-state index contributed by atoms with van der Waals surface area (Å²) < 4.78 is 11.9. The zero-order valence-electron chi connectivity index (χ0n) is 19.7. The SMILES string of the molecule is O=C(c1ccccc1)N(CC(=O)N1CCc2sccc2[C@H]1COc1ccccc1)C[C@H]1CCCO1. The van der Waals surface area contributed by atoms with Gasteiger partial charge in [0.05, 0.1) is 12.1 Å². The van der Waals surface area contributed by atoms with E-state index in [-0.39, 0.29) is 30.5 Å². The zero-order valence-corrected chi connectivity index (χ0v) is 20.5. The van der Waals surface area contributed by atoms with Gasteiger partial charge in [-0.05, 0) is 60.5 Å². The summed E-state index contributed by atoms with van der Waals surface area (Å²) in [4.78, 5) is 31.9. The third-order valence-electron chi connectivity index (χ3n) is 6.65. The molecule has 7 heteroatoms. The minimum Gasteiger partial charge on any atom is -0.491 e. The van der Waals surface area contributed by atoms with Crippen molar-refractivity contribution >= 4 is 23.2 Å². The molecule has 0 saturated carbocycles. The molecule has 0 spiro atoms. The summed E-state index contributed by atoms with van der Waals surface area (Å²) in [6.45, 7) is 2.13. The van der Waals surface area contributed by atoms with Crippen molar-refractivity contribution in [3.05, 3.63) is 88.1 Å². The molecule has 0 radical (unpaired) electrons. The van der Waals surface area contributed by atoms with Crippen LogP contribution in [0.3, 0.4) is 0 Å². The normalized spacial score (nSPS) is 19.3. The molecular weight excluding hydrogens is 460 g/mol. The van der Waals surface area contributed by atoms with E-state index in [4.69, 9.17) is 9.47 Å². The Balaban J connectivity index is 1.34. The van der Waals surface area contributed by atoms with E-state index >= 15 is 0 Å². The van der Waals surface area contributed by atoms with Crippen LogP contribution in [0.4, 0.5) is 0 Å². The highest BCUT2D eigenvalue weighted by atomic mass is 32.1. The molecule has 5 rings (SSSR count). The minimum absolute atomic E-state index is 0.0227. The van der Waals surface area contributed by atoms with E-state index in [0.717, 1.165) is 30.6 Å². The molecule has 2 atom stereocenters. The maximum Gasteiger partial charge on any atom is 0.254 e. The van der Waals surface area contributed by atoms with Crippen LogP contribution >= 0.6 is 11.3 Å². The highest BCUT2D eigenvalue weighted by Crippen LogP contribution is 2.34. The first-order valence-electron chi connectivity index (χ1n) is 12.2. The lowest BCUT2D eigenvalue weighted by Gasteiger charge is -2.37. The molecule has 1 aromatic heterocycles. The Morgan fingerprint density at radius 2 is 1.83 bits per heavy atom. The summed E-state index contributed by atoms with van der Waals surface area (Å²) in [5.74, 6) is 0.576. The smallest absolute Gasteiger partial charge is 0.254 e.